The summed E-state index contributed by atoms with van der Waals surface area (Å²) >= 11 is 4.32. The quantitative estimate of drug-likeness (QED) is 0.448. The van der Waals surface area contributed by atoms with Crippen molar-refractivity contribution < 1.29 is 22.7 Å². The maximum absolute atomic E-state index is 11.5. The molecule has 0 saturated heterocycles. The van der Waals surface area contributed by atoms with E-state index in [1.165, 1.54) is 0 Å². The molecule has 0 aliphatic heterocycles. The highest BCUT2D eigenvalue weighted by Gasteiger charge is 2.27. The topological polar surface area (TPSA) is 76.4 Å². The molecular formula is C5H8F3N3O2S. The van der Waals surface area contributed by atoms with E-state index in [9.17, 15) is 18.0 Å². The minimum Gasteiger partial charge on any atom is -0.375 e. The van der Waals surface area contributed by atoms with E-state index in [0.717, 1.165) is 0 Å². The fourth-order valence-electron chi connectivity index (χ4n) is 0.427. The van der Waals surface area contributed by atoms with Crippen LogP contribution >= 0.6 is 12.2 Å². The van der Waals surface area contributed by atoms with Crippen LogP contribution in [0.3, 0.4) is 0 Å². The van der Waals surface area contributed by atoms with Crippen molar-refractivity contribution in [2.45, 2.75) is 6.18 Å². The van der Waals surface area contributed by atoms with E-state index in [1.807, 2.05) is 10.9 Å². The smallest absolute Gasteiger partial charge is 0.375 e. The maximum Gasteiger partial charge on any atom is 0.411 e. The lowest BCUT2D eigenvalue weighted by molar-refractivity contribution is -0.175. The third-order valence-electron chi connectivity index (χ3n) is 0.824. The second kappa shape index (κ2) is 5.60. The average molecular weight is 231 g/mol. The van der Waals surface area contributed by atoms with Gasteiger partial charge in [-0.25, -0.2) is 0 Å². The van der Waals surface area contributed by atoms with Gasteiger partial charge in [-0.1, -0.05) is 0 Å². The van der Waals surface area contributed by atoms with Gasteiger partial charge in [0.2, 0.25) is 0 Å². The van der Waals surface area contributed by atoms with E-state index in [-0.39, 0.29) is 5.11 Å². The van der Waals surface area contributed by atoms with Gasteiger partial charge in [0.1, 0.15) is 13.2 Å². The lowest BCUT2D eigenvalue weighted by Crippen LogP contribution is -2.46. The van der Waals surface area contributed by atoms with Gasteiger partial charge in [-0.05, 0) is 12.2 Å². The van der Waals surface area contributed by atoms with Crippen molar-refractivity contribution in [1.82, 2.24) is 10.9 Å². The van der Waals surface area contributed by atoms with Gasteiger partial charge < -0.3 is 10.5 Å². The molecule has 0 fully saturated rings. The zero-order valence-corrected chi connectivity index (χ0v) is 7.67. The Balaban J connectivity index is 3.50. The first-order chi connectivity index (χ1) is 6.31. The predicted molar refractivity (Wildman–Crippen MR) is 44.9 cm³/mol. The summed E-state index contributed by atoms with van der Waals surface area (Å²) in [6.07, 6.45) is -4.45. The van der Waals surface area contributed by atoms with Gasteiger partial charge in [-0.2, -0.15) is 13.2 Å². The average Bonchev–Trinajstić information content (AvgIpc) is 1.98. The van der Waals surface area contributed by atoms with E-state index < -0.39 is 25.3 Å². The first kappa shape index (κ1) is 12.9. The van der Waals surface area contributed by atoms with E-state index in [1.54, 1.807) is 0 Å². The van der Waals surface area contributed by atoms with Crippen LogP contribution in [0.5, 0.6) is 0 Å². The summed E-state index contributed by atoms with van der Waals surface area (Å²) in [5.74, 6) is -0.804. The number of rotatable bonds is 3. The molecule has 0 aromatic heterocycles. The molecule has 0 aromatic carbocycles. The SMILES string of the molecule is NC(=S)NNC(=O)COCC(F)(F)F. The molecule has 0 saturated carbocycles. The lowest BCUT2D eigenvalue weighted by atomic mass is 10.6. The third-order valence-corrected chi connectivity index (χ3v) is 0.926. The third kappa shape index (κ3) is 9.00. The highest BCUT2D eigenvalue weighted by molar-refractivity contribution is 7.80. The summed E-state index contributed by atoms with van der Waals surface area (Å²) in [5.41, 5.74) is 8.89. The number of nitrogens with two attached hydrogens (primary N) is 1. The standard InChI is InChI=1S/C5H8F3N3O2S/c6-5(7,8)2-13-1-3(12)10-11-4(9)14/h1-2H2,(H,10,12)(H3,9,11,14). The summed E-state index contributed by atoms with van der Waals surface area (Å²) in [7, 11) is 0. The van der Waals surface area contributed by atoms with Gasteiger partial charge in [-0.3, -0.25) is 15.6 Å². The van der Waals surface area contributed by atoms with Crippen LogP contribution in [-0.4, -0.2) is 30.4 Å². The molecular weight excluding hydrogens is 223 g/mol. The number of nitrogens with one attached hydrogen (secondary N) is 2. The van der Waals surface area contributed by atoms with Crippen molar-refractivity contribution >= 4 is 23.2 Å². The van der Waals surface area contributed by atoms with Crippen LogP contribution in [0, 0.1) is 0 Å². The largest absolute Gasteiger partial charge is 0.411 e. The van der Waals surface area contributed by atoms with Crippen LogP contribution in [0.25, 0.3) is 0 Å². The first-order valence-electron chi connectivity index (χ1n) is 3.30. The number of hydrazine groups is 1. The van der Waals surface area contributed by atoms with Gasteiger partial charge >= 0.3 is 6.18 Å². The highest BCUT2D eigenvalue weighted by Crippen LogP contribution is 2.13. The fraction of sp³-hybridized carbons (Fsp3) is 0.600. The van der Waals surface area contributed by atoms with Crippen molar-refractivity contribution in [2.24, 2.45) is 5.73 Å². The number of hydrogen-bond acceptors (Lipinski definition) is 3. The molecule has 5 nitrogen and oxygen atoms in total. The van der Waals surface area contributed by atoms with Crippen LogP contribution in [0.4, 0.5) is 13.2 Å². The zero-order valence-electron chi connectivity index (χ0n) is 6.85. The van der Waals surface area contributed by atoms with Gasteiger partial charge in [0, 0.05) is 0 Å². The zero-order chi connectivity index (χ0) is 11.2. The molecule has 0 bridgehead atoms. The van der Waals surface area contributed by atoms with Gasteiger partial charge in [0.05, 0.1) is 0 Å². The fourth-order valence-corrected chi connectivity index (χ4v) is 0.478. The number of carbonyl (C=O) groups is 1. The van der Waals surface area contributed by atoms with Crippen LogP contribution in [-0.2, 0) is 9.53 Å². The highest BCUT2D eigenvalue weighted by atomic mass is 32.1. The molecule has 0 heterocycles. The number of ether oxygens (including phenoxy) is 1. The van der Waals surface area contributed by atoms with Crippen LogP contribution in [0.1, 0.15) is 0 Å². The Morgan fingerprint density at radius 2 is 2.00 bits per heavy atom. The van der Waals surface area contributed by atoms with Crippen molar-refractivity contribution in [2.75, 3.05) is 13.2 Å². The van der Waals surface area contributed by atoms with E-state index in [2.05, 4.69) is 17.0 Å². The van der Waals surface area contributed by atoms with E-state index >= 15 is 0 Å². The van der Waals surface area contributed by atoms with Gasteiger partial charge in [0.15, 0.2) is 5.11 Å². The van der Waals surface area contributed by atoms with Gasteiger partial charge in [-0.15, -0.1) is 0 Å². The Morgan fingerprint density at radius 3 is 2.43 bits per heavy atom. The molecule has 0 spiro atoms. The minimum atomic E-state index is -4.45. The van der Waals surface area contributed by atoms with E-state index in [4.69, 9.17) is 5.73 Å². The molecule has 9 heteroatoms. The Kier molecular flexibility index (Phi) is 5.16. The summed E-state index contributed by atoms with van der Waals surface area (Å²) in [6.45, 7) is -2.21. The van der Waals surface area contributed by atoms with Crippen molar-refractivity contribution in [3.05, 3.63) is 0 Å². The first-order valence-corrected chi connectivity index (χ1v) is 3.71. The maximum atomic E-state index is 11.5. The van der Waals surface area contributed by atoms with E-state index in [0.29, 0.717) is 0 Å². The Bertz CT molecular complexity index is 221. The number of thiocarbonyl (C=S) groups is 1. The molecule has 0 unspecified atom stereocenters. The molecule has 0 radical (unpaired) electrons. The number of amides is 1. The monoisotopic (exact) mass is 231 g/mol. The summed E-state index contributed by atoms with van der Waals surface area (Å²) in [6, 6.07) is 0. The Morgan fingerprint density at radius 1 is 1.43 bits per heavy atom. The Labute approximate surface area is 82.7 Å². The molecule has 0 rings (SSSR count). The lowest BCUT2D eigenvalue weighted by Gasteiger charge is -2.08. The second-order valence-corrected chi connectivity index (χ2v) is 2.59. The van der Waals surface area contributed by atoms with Crippen LogP contribution in [0.2, 0.25) is 0 Å². The van der Waals surface area contributed by atoms with Crippen molar-refractivity contribution in [3.8, 4) is 0 Å². The number of alkyl halides is 3. The number of carbonyl (C=O) groups excluding carboxylic acids is 1. The van der Waals surface area contributed by atoms with Crippen LogP contribution in [0.15, 0.2) is 0 Å². The molecule has 82 valence electrons. The summed E-state index contributed by atoms with van der Waals surface area (Å²) in [5, 5.41) is -0.200. The molecule has 0 aromatic rings. The minimum absolute atomic E-state index is 0.200. The second-order valence-electron chi connectivity index (χ2n) is 2.15. The van der Waals surface area contributed by atoms with Crippen molar-refractivity contribution in [3.63, 3.8) is 0 Å². The van der Waals surface area contributed by atoms with Gasteiger partial charge in [0.25, 0.3) is 5.91 Å². The number of hydrogen-bond donors (Lipinski definition) is 3. The number of halogens is 3. The summed E-state index contributed by atoms with van der Waals surface area (Å²) < 4.78 is 38.6. The molecule has 1 amide bonds. The molecule has 0 atom stereocenters. The molecule has 4 N–H and O–H groups in total. The normalized spacial score (nSPS) is 10.8. The molecule has 14 heavy (non-hydrogen) atoms. The molecule has 0 aliphatic rings. The predicted octanol–water partition coefficient (Wildman–Crippen LogP) is -0.570. The van der Waals surface area contributed by atoms with Crippen LogP contribution < -0.4 is 16.6 Å². The van der Waals surface area contributed by atoms with Crippen molar-refractivity contribution in [1.29, 1.82) is 0 Å². The molecule has 0 aliphatic carbocycles. The summed E-state index contributed by atoms with van der Waals surface area (Å²) in [4.78, 5) is 10.7. The Hall–Kier alpha value is -1.09.